The average molecular weight is 258 g/mol. The molecule has 0 fully saturated rings. The lowest BCUT2D eigenvalue weighted by molar-refractivity contribution is 0.891. The van der Waals surface area contributed by atoms with Crippen LogP contribution in [0.4, 0.5) is 5.82 Å². The zero-order valence-corrected chi connectivity index (χ0v) is 10.9. The summed E-state index contributed by atoms with van der Waals surface area (Å²) in [5.74, 6) is 1.68. The number of benzene rings is 1. The Labute approximate surface area is 110 Å². The fourth-order valence-corrected chi connectivity index (χ4v) is 2.33. The van der Waals surface area contributed by atoms with E-state index in [1.165, 1.54) is 0 Å². The van der Waals surface area contributed by atoms with Crippen LogP contribution in [0.5, 0.6) is 0 Å². The number of anilines is 1. The highest BCUT2D eigenvalue weighted by atomic mass is 32.2. The van der Waals surface area contributed by atoms with Crippen LogP contribution in [0.3, 0.4) is 0 Å². The van der Waals surface area contributed by atoms with E-state index in [9.17, 15) is 0 Å². The van der Waals surface area contributed by atoms with Gasteiger partial charge in [0, 0.05) is 0 Å². The molecule has 0 aliphatic carbocycles. The number of nitrogens with two attached hydrogens (primary N) is 1. The summed E-state index contributed by atoms with van der Waals surface area (Å²) in [5.41, 5.74) is 7.56. The monoisotopic (exact) mass is 258 g/mol. The van der Waals surface area contributed by atoms with Crippen molar-refractivity contribution in [2.24, 2.45) is 0 Å². The zero-order chi connectivity index (χ0) is 13.0. The standard InChI is InChI=1S/C13H14N4S/c1-2-7-18-12-9-16-17(13(12)15)11-5-3-10(8-14)4-6-11/h3-6,9H,2,7,15H2,1H3. The van der Waals surface area contributed by atoms with Crippen molar-refractivity contribution in [3.8, 4) is 11.8 Å². The van der Waals surface area contributed by atoms with Crippen LogP contribution in [0.15, 0.2) is 35.4 Å². The first kappa shape index (κ1) is 12.5. The van der Waals surface area contributed by atoms with Crippen molar-refractivity contribution in [2.75, 3.05) is 11.5 Å². The molecule has 1 aromatic carbocycles. The van der Waals surface area contributed by atoms with Gasteiger partial charge in [0.15, 0.2) is 0 Å². The van der Waals surface area contributed by atoms with Crippen molar-refractivity contribution in [2.45, 2.75) is 18.2 Å². The molecule has 0 aliphatic heterocycles. The molecule has 2 rings (SSSR count). The van der Waals surface area contributed by atoms with Gasteiger partial charge in [-0.05, 0) is 36.4 Å². The lowest BCUT2D eigenvalue weighted by Crippen LogP contribution is -2.02. The summed E-state index contributed by atoms with van der Waals surface area (Å²) in [4.78, 5) is 1.00. The zero-order valence-electron chi connectivity index (χ0n) is 10.1. The summed E-state index contributed by atoms with van der Waals surface area (Å²) in [7, 11) is 0. The SMILES string of the molecule is CCCSc1cnn(-c2ccc(C#N)cc2)c1N. The summed E-state index contributed by atoms with van der Waals surface area (Å²) in [6.07, 6.45) is 2.89. The third-order valence-electron chi connectivity index (χ3n) is 2.47. The molecule has 2 aromatic rings. The second kappa shape index (κ2) is 5.61. The van der Waals surface area contributed by atoms with Gasteiger partial charge in [0.05, 0.1) is 28.4 Å². The van der Waals surface area contributed by atoms with E-state index >= 15 is 0 Å². The van der Waals surface area contributed by atoms with Crippen LogP contribution in [0, 0.1) is 11.3 Å². The second-order valence-corrected chi connectivity index (χ2v) is 4.95. The van der Waals surface area contributed by atoms with Crippen molar-refractivity contribution in [3.63, 3.8) is 0 Å². The van der Waals surface area contributed by atoms with Crippen LogP contribution in [0.25, 0.3) is 5.69 Å². The van der Waals surface area contributed by atoms with E-state index in [0.29, 0.717) is 11.4 Å². The molecule has 0 spiro atoms. The minimum absolute atomic E-state index is 0.630. The number of nitrogens with zero attached hydrogens (tertiary/aromatic N) is 3. The molecule has 0 bridgehead atoms. The summed E-state index contributed by atoms with van der Waals surface area (Å²) in [5, 5.41) is 13.0. The minimum Gasteiger partial charge on any atom is -0.383 e. The summed E-state index contributed by atoms with van der Waals surface area (Å²) < 4.78 is 1.69. The maximum atomic E-state index is 8.75. The Bertz CT molecular complexity index is 566. The molecule has 0 radical (unpaired) electrons. The molecule has 0 amide bonds. The third kappa shape index (κ3) is 2.49. The molecule has 1 heterocycles. The number of hydrogen-bond donors (Lipinski definition) is 1. The summed E-state index contributed by atoms with van der Waals surface area (Å²) >= 11 is 1.71. The number of nitriles is 1. The molecule has 2 N–H and O–H groups in total. The Morgan fingerprint density at radius 3 is 2.72 bits per heavy atom. The lowest BCUT2D eigenvalue weighted by Gasteiger charge is -2.04. The highest BCUT2D eigenvalue weighted by Crippen LogP contribution is 2.27. The summed E-state index contributed by atoms with van der Waals surface area (Å²) in [6.45, 7) is 2.13. The first-order valence-electron chi connectivity index (χ1n) is 5.73. The first-order chi connectivity index (χ1) is 8.76. The average Bonchev–Trinajstić information content (AvgIpc) is 2.78. The van der Waals surface area contributed by atoms with Crippen molar-refractivity contribution in [1.82, 2.24) is 9.78 Å². The molecular weight excluding hydrogens is 244 g/mol. The Hall–Kier alpha value is -1.93. The van der Waals surface area contributed by atoms with Gasteiger partial charge in [-0.1, -0.05) is 6.92 Å². The molecule has 1 aromatic heterocycles. The molecule has 5 heteroatoms. The predicted molar refractivity (Wildman–Crippen MR) is 73.7 cm³/mol. The molecule has 0 unspecified atom stereocenters. The van der Waals surface area contributed by atoms with Gasteiger partial charge < -0.3 is 5.73 Å². The Morgan fingerprint density at radius 2 is 2.11 bits per heavy atom. The Kier molecular flexibility index (Phi) is 3.90. The van der Waals surface area contributed by atoms with E-state index in [4.69, 9.17) is 11.0 Å². The molecule has 0 saturated heterocycles. The van der Waals surface area contributed by atoms with Crippen LogP contribution in [-0.2, 0) is 0 Å². The van der Waals surface area contributed by atoms with E-state index in [-0.39, 0.29) is 0 Å². The van der Waals surface area contributed by atoms with E-state index < -0.39 is 0 Å². The largest absolute Gasteiger partial charge is 0.383 e. The fourth-order valence-electron chi connectivity index (χ4n) is 1.55. The Morgan fingerprint density at radius 1 is 1.39 bits per heavy atom. The van der Waals surface area contributed by atoms with Gasteiger partial charge in [0.1, 0.15) is 5.82 Å². The van der Waals surface area contributed by atoms with E-state index in [2.05, 4.69) is 18.1 Å². The minimum atomic E-state index is 0.630. The van der Waals surface area contributed by atoms with E-state index in [1.807, 2.05) is 12.1 Å². The number of nitrogen functional groups attached to an aromatic ring is 1. The quantitative estimate of drug-likeness (QED) is 0.856. The maximum absolute atomic E-state index is 8.75. The number of thioether (sulfide) groups is 1. The van der Waals surface area contributed by atoms with Gasteiger partial charge in [-0.25, -0.2) is 4.68 Å². The van der Waals surface area contributed by atoms with Crippen molar-refractivity contribution >= 4 is 17.6 Å². The highest BCUT2D eigenvalue weighted by molar-refractivity contribution is 7.99. The van der Waals surface area contributed by atoms with Crippen LogP contribution >= 0.6 is 11.8 Å². The van der Waals surface area contributed by atoms with Gasteiger partial charge in [0.25, 0.3) is 0 Å². The van der Waals surface area contributed by atoms with Crippen LogP contribution in [-0.4, -0.2) is 15.5 Å². The van der Waals surface area contributed by atoms with Crippen LogP contribution in [0.1, 0.15) is 18.9 Å². The summed E-state index contributed by atoms with van der Waals surface area (Å²) in [6, 6.07) is 9.29. The molecule has 0 atom stereocenters. The van der Waals surface area contributed by atoms with Gasteiger partial charge >= 0.3 is 0 Å². The topological polar surface area (TPSA) is 67.6 Å². The van der Waals surface area contributed by atoms with Crippen LogP contribution < -0.4 is 5.73 Å². The number of rotatable bonds is 4. The van der Waals surface area contributed by atoms with Gasteiger partial charge in [-0.3, -0.25) is 0 Å². The number of aromatic nitrogens is 2. The molecule has 92 valence electrons. The molecule has 4 nitrogen and oxygen atoms in total. The number of hydrogen-bond acceptors (Lipinski definition) is 4. The smallest absolute Gasteiger partial charge is 0.140 e. The molecule has 18 heavy (non-hydrogen) atoms. The normalized spacial score (nSPS) is 10.2. The van der Waals surface area contributed by atoms with Crippen LogP contribution in [0.2, 0.25) is 0 Å². The van der Waals surface area contributed by atoms with Crippen molar-refractivity contribution in [1.29, 1.82) is 5.26 Å². The predicted octanol–water partition coefficient (Wildman–Crippen LogP) is 2.83. The van der Waals surface area contributed by atoms with E-state index in [1.54, 1.807) is 34.8 Å². The van der Waals surface area contributed by atoms with Gasteiger partial charge in [-0.15, -0.1) is 11.8 Å². The maximum Gasteiger partial charge on any atom is 0.140 e. The third-order valence-corrected chi connectivity index (χ3v) is 3.71. The Balaban J connectivity index is 2.27. The van der Waals surface area contributed by atoms with Gasteiger partial charge in [-0.2, -0.15) is 10.4 Å². The molecule has 0 saturated carbocycles. The first-order valence-corrected chi connectivity index (χ1v) is 6.71. The molecule has 0 aliphatic rings. The fraction of sp³-hybridized carbons (Fsp3) is 0.231. The molecular formula is C13H14N4S. The van der Waals surface area contributed by atoms with E-state index in [0.717, 1.165) is 22.8 Å². The van der Waals surface area contributed by atoms with Crippen molar-refractivity contribution < 1.29 is 0 Å². The highest BCUT2D eigenvalue weighted by Gasteiger charge is 2.09. The van der Waals surface area contributed by atoms with Gasteiger partial charge in [0.2, 0.25) is 0 Å². The lowest BCUT2D eigenvalue weighted by atomic mass is 10.2. The second-order valence-electron chi connectivity index (χ2n) is 3.81. The van der Waals surface area contributed by atoms with Crippen molar-refractivity contribution in [3.05, 3.63) is 36.0 Å².